The summed E-state index contributed by atoms with van der Waals surface area (Å²) in [6.45, 7) is 8.15. The van der Waals surface area contributed by atoms with Crippen LogP contribution in [0.15, 0.2) is 60.9 Å². The predicted octanol–water partition coefficient (Wildman–Crippen LogP) is 4.81. The van der Waals surface area contributed by atoms with E-state index in [-0.39, 0.29) is 18.0 Å². The van der Waals surface area contributed by atoms with Gasteiger partial charge in [0.05, 0.1) is 18.7 Å². The van der Waals surface area contributed by atoms with Crippen molar-refractivity contribution in [2.24, 2.45) is 0 Å². The molecule has 0 aliphatic carbocycles. The van der Waals surface area contributed by atoms with Crippen LogP contribution in [0, 0.1) is 13.8 Å². The molecule has 0 unspecified atom stereocenters. The number of hydrogen-bond acceptors (Lipinski definition) is 6. The number of piperazine rings is 1. The maximum Gasteiger partial charge on any atom is 0.416 e. The number of anilines is 1. The summed E-state index contributed by atoms with van der Waals surface area (Å²) in [4.78, 5) is 24.0. The minimum atomic E-state index is -4.38. The minimum Gasteiger partial charge on any atom is -0.496 e. The molecule has 10 heteroatoms. The molecule has 3 heterocycles. The van der Waals surface area contributed by atoms with Gasteiger partial charge in [-0.3, -0.25) is 14.7 Å². The van der Waals surface area contributed by atoms with Crippen molar-refractivity contribution < 1.29 is 22.7 Å². The molecule has 2 aromatic carbocycles. The zero-order valence-electron chi connectivity index (χ0n) is 24.3. The number of hydrogen-bond donors (Lipinski definition) is 1. The van der Waals surface area contributed by atoms with Crippen molar-refractivity contribution in [2.45, 2.75) is 51.6 Å². The number of carbonyl (C=O) groups is 1. The Labute approximate surface area is 245 Å². The lowest BCUT2D eigenvalue weighted by atomic mass is 10.0. The van der Waals surface area contributed by atoms with Gasteiger partial charge < -0.3 is 19.9 Å². The maximum atomic E-state index is 13.9. The molecule has 224 valence electrons. The normalized spacial score (nSPS) is 19.8. The molecule has 3 aromatic rings. The van der Waals surface area contributed by atoms with E-state index in [2.05, 4.69) is 35.1 Å². The second kappa shape index (κ2) is 12.7. The van der Waals surface area contributed by atoms with Crippen LogP contribution >= 0.6 is 0 Å². The number of alkyl halides is 3. The molecule has 1 N–H and O–H groups in total. The number of pyridine rings is 1. The van der Waals surface area contributed by atoms with Gasteiger partial charge in [0.25, 0.3) is 0 Å². The summed E-state index contributed by atoms with van der Waals surface area (Å²) in [7, 11) is 1.68. The Kier molecular flexibility index (Phi) is 9.03. The molecule has 5 rings (SSSR count). The first kappa shape index (κ1) is 29.8. The van der Waals surface area contributed by atoms with Gasteiger partial charge in [-0.05, 0) is 78.9 Å². The molecule has 0 spiro atoms. The number of methoxy groups -OCH3 is 1. The van der Waals surface area contributed by atoms with Crippen LogP contribution in [0.25, 0.3) is 0 Å². The van der Waals surface area contributed by atoms with Crippen LogP contribution in [0.4, 0.5) is 18.9 Å². The molecule has 0 bridgehead atoms. The number of rotatable bonds is 8. The summed E-state index contributed by atoms with van der Waals surface area (Å²) in [6.07, 6.45) is -0.171. The fourth-order valence-electron chi connectivity index (χ4n) is 6.00. The van der Waals surface area contributed by atoms with Crippen molar-refractivity contribution in [3.8, 4) is 5.75 Å². The van der Waals surface area contributed by atoms with E-state index in [0.717, 1.165) is 29.5 Å². The summed E-state index contributed by atoms with van der Waals surface area (Å²) in [6, 6.07) is 13.3. The molecular weight excluding hydrogens is 543 g/mol. The number of ether oxygens (including phenoxy) is 1. The Hall–Kier alpha value is -3.63. The Bertz CT molecular complexity index is 1380. The summed E-state index contributed by atoms with van der Waals surface area (Å²) in [5.74, 6) is 0.952. The SMILES string of the molecule is COc1ccc(CN[C@@H]2C[C@@H](C(=O)N3CCN(c4cccc(C(F)(F)F)c4)CC3)N(Cc3ccncc3)C2)c(C)c1C. The van der Waals surface area contributed by atoms with Crippen molar-refractivity contribution in [1.29, 1.82) is 0 Å². The Balaban J connectivity index is 1.25. The van der Waals surface area contributed by atoms with Crippen LogP contribution in [-0.2, 0) is 24.1 Å². The Morgan fingerprint density at radius 3 is 2.45 bits per heavy atom. The highest BCUT2D eigenvalue weighted by molar-refractivity contribution is 5.82. The maximum absolute atomic E-state index is 13.9. The van der Waals surface area contributed by atoms with E-state index in [9.17, 15) is 18.0 Å². The fraction of sp³-hybridized carbons (Fsp3) is 0.438. The van der Waals surface area contributed by atoms with E-state index >= 15 is 0 Å². The number of nitrogens with one attached hydrogen (secondary N) is 1. The smallest absolute Gasteiger partial charge is 0.416 e. The molecule has 2 aliphatic rings. The van der Waals surface area contributed by atoms with Crippen molar-refractivity contribution >= 4 is 11.6 Å². The van der Waals surface area contributed by atoms with E-state index in [1.54, 1.807) is 25.6 Å². The minimum absolute atomic E-state index is 0.0773. The number of amides is 1. The number of aromatic nitrogens is 1. The van der Waals surface area contributed by atoms with Crippen LogP contribution in [0.3, 0.4) is 0 Å². The first-order chi connectivity index (χ1) is 20.1. The first-order valence-electron chi connectivity index (χ1n) is 14.3. The van der Waals surface area contributed by atoms with E-state index < -0.39 is 11.7 Å². The van der Waals surface area contributed by atoms with E-state index in [0.29, 0.717) is 51.4 Å². The molecule has 2 atom stereocenters. The van der Waals surface area contributed by atoms with Gasteiger partial charge in [0, 0.05) is 69.9 Å². The van der Waals surface area contributed by atoms with Crippen LogP contribution < -0.4 is 15.0 Å². The van der Waals surface area contributed by atoms with Gasteiger partial charge in [-0.1, -0.05) is 12.1 Å². The second-order valence-electron chi connectivity index (χ2n) is 11.2. The summed E-state index contributed by atoms with van der Waals surface area (Å²) in [5, 5.41) is 3.69. The third kappa shape index (κ3) is 6.71. The predicted molar refractivity (Wildman–Crippen MR) is 156 cm³/mol. The van der Waals surface area contributed by atoms with Gasteiger partial charge in [0.1, 0.15) is 5.75 Å². The molecule has 2 aliphatic heterocycles. The van der Waals surface area contributed by atoms with E-state index in [4.69, 9.17) is 4.74 Å². The van der Waals surface area contributed by atoms with Crippen molar-refractivity contribution in [1.82, 2.24) is 20.1 Å². The molecule has 7 nitrogen and oxygen atoms in total. The van der Waals surface area contributed by atoms with Gasteiger partial charge in [-0.2, -0.15) is 13.2 Å². The van der Waals surface area contributed by atoms with Crippen molar-refractivity contribution in [2.75, 3.05) is 44.7 Å². The lowest BCUT2D eigenvalue weighted by Crippen LogP contribution is -2.53. The lowest BCUT2D eigenvalue weighted by Gasteiger charge is -2.38. The van der Waals surface area contributed by atoms with E-state index in [1.807, 2.05) is 28.0 Å². The zero-order chi connectivity index (χ0) is 29.9. The summed E-state index contributed by atoms with van der Waals surface area (Å²) < 4.78 is 45.1. The lowest BCUT2D eigenvalue weighted by molar-refractivity contribution is -0.137. The van der Waals surface area contributed by atoms with Gasteiger partial charge in [0.2, 0.25) is 5.91 Å². The molecule has 2 saturated heterocycles. The first-order valence-corrected chi connectivity index (χ1v) is 14.3. The third-order valence-corrected chi connectivity index (χ3v) is 8.60. The molecule has 0 saturated carbocycles. The highest BCUT2D eigenvalue weighted by Gasteiger charge is 2.39. The number of halogens is 3. The Morgan fingerprint density at radius 1 is 1.02 bits per heavy atom. The van der Waals surface area contributed by atoms with Crippen molar-refractivity contribution in [3.05, 3.63) is 88.7 Å². The van der Waals surface area contributed by atoms with Crippen LogP contribution in [0.2, 0.25) is 0 Å². The monoisotopic (exact) mass is 581 g/mol. The number of carbonyl (C=O) groups excluding carboxylic acids is 1. The summed E-state index contributed by atoms with van der Waals surface area (Å²) >= 11 is 0. The molecule has 0 radical (unpaired) electrons. The molecule has 2 fully saturated rings. The van der Waals surface area contributed by atoms with E-state index in [1.165, 1.54) is 23.3 Å². The molecule has 1 amide bonds. The van der Waals surface area contributed by atoms with Gasteiger partial charge in [-0.15, -0.1) is 0 Å². The highest BCUT2D eigenvalue weighted by atomic mass is 19.4. The Morgan fingerprint density at radius 2 is 1.76 bits per heavy atom. The average Bonchev–Trinajstić information content (AvgIpc) is 3.40. The third-order valence-electron chi connectivity index (χ3n) is 8.60. The number of benzene rings is 2. The topological polar surface area (TPSA) is 60.9 Å². The van der Waals surface area contributed by atoms with Crippen LogP contribution in [0.5, 0.6) is 5.75 Å². The number of likely N-dealkylation sites (tertiary alicyclic amines) is 1. The largest absolute Gasteiger partial charge is 0.496 e. The van der Waals surface area contributed by atoms with Crippen LogP contribution in [-0.4, -0.2) is 72.6 Å². The second-order valence-corrected chi connectivity index (χ2v) is 11.2. The molecular formula is C32H38F3N5O2. The number of nitrogens with zero attached hydrogens (tertiary/aromatic N) is 4. The highest BCUT2D eigenvalue weighted by Crippen LogP contribution is 2.32. The zero-order valence-corrected chi connectivity index (χ0v) is 24.3. The molecule has 1 aromatic heterocycles. The van der Waals surface area contributed by atoms with Gasteiger partial charge in [-0.25, -0.2) is 0 Å². The average molecular weight is 582 g/mol. The fourth-order valence-corrected chi connectivity index (χ4v) is 6.00. The molecule has 42 heavy (non-hydrogen) atoms. The van der Waals surface area contributed by atoms with Crippen molar-refractivity contribution in [3.63, 3.8) is 0 Å². The van der Waals surface area contributed by atoms with Crippen LogP contribution in [0.1, 0.15) is 34.2 Å². The quantitative estimate of drug-likeness (QED) is 0.412. The standard InChI is InChI=1S/C32H38F3N5O2/c1-22-23(2)30(42-3)8-7-25(22)19-37-27-18-29(40(21-27)20-24-9-11-36-12-10-24)31(41)39-15-13-38(14-16-39)28-6-4-5-26(17-28)32(33,34)35/h4-12,17,27,29,37H,13-16,18-21H2,1-3H3/t27-,29+/m1/s1. The summed E-state index contributed by atoms with van der Waals surface area (Å²) in [5.41, 5.74) is 4.49. The van der Waals surface area contributed by atoms with Gasteiger partial charge >= 0.3 is 6.18 Å². The van der Waals surface area contributed by atoms with Gasteiger partial charge in [0.15, 0.2) is 0 Å².